The first-order chi connectivity index (χ1) is 11.4. The molecule has 0 heterocycles. The highest BCUT2D eigenvalue weighted by Gasteiger charge is 2.24. The van der Waals surface area contributed by atoms with Crippen LogP contribution in [0.15, 0.2) is 53.4 Å². The molecule has 5 nitrogen and oxygen atoms in total. The number of halogens is 1. The Morgan fingerprint density at radius 2 is 1.67 bits per heavy atom. The molecule has 24 heavy (non-hydrogen) atoms. The maximum absolute atomic E-state index is 12.8. The zero-order valence-electron chi connectivity index (χ0n) is 12.8. The minimum absolute atomic E-state index is 0.0620. The quantitative estimate of drug-likeness (QED) is 0.840. The zero-order valence-corrected chi connectivity index (χ0v) is 13.6. The van der Waals surface area contributed by atoms with E-state index in [1.807, 2.05) is 0 Å². The smallest absolute Gasteiger partial charge is 0.251 e. The minimum Gasteiger partial charge on any atom is -0.349 e. The molecule has 1 saturated carbocycles. The van der Waals surface area contributed by atoms with Crippen molar-refractivity contribution in [2.45, 2.75) is 30.3 Å². The molecule has 1 fully saturated rings. The molecule has 7 heteroatoms. The standard InChI is InChI=1S/C17H17FN2O3S/c18-14-5-1-12(2-6-14)11-19-24(22,23)16-9-3-13(4-10-16)17(21)20-15-7-8-15/h1-6,9-10,15,19H,7-8,11H2,(H,20,21). The highest BCUT2D eigenvalue weighted by atomic mass is 32.2. The minimum atomic E-state index is -3.70. The van der Waals surface area contributed by atoms with E-state index in [4.69, 9.17) is 0 Å². The summed E-state index contributed by atoms with van der Waals surface area (Å²) in [6.07, 6.45) is 1.98. The van der Waals surface area contributed by atoms with Gasteiger partial charge < -0.3 is 5.32 Å². The summed E-state index contributed by atoms with van der Waals surface area (Å²) in [6.45, 7) is 0.0620. The number of hydrogen-bond acceptors (Lipinski definition) is 3. The summed E-state index contributed by atoms with van der Waals surface area (Å²) < 4.78 is 39.8. The van der Waals surface area contributed by atoms with Crippen molar-refractivity contribution in [3.8, 4) is 0 Å². The Morgan fingerprint density at radius 1 is 1.04 bits per heavy atom. The van der Waals surface area contributed by atoms with E-state index in [0.29, 0.717) is 11.1 Å². The summed E-state index contributed by atoms with van der Waals surface area (Å²) >= 11 is 0. The molecule has 0 spiro atoms. The van der Waals surface area contributed by atoms with Crippen LogP contribution in [-0.4, -0.2) is 20.4 Å². The third-order valence-corrected chi connectivity index (χ3v) is 5.14. The summed E-state index contributed by atoms with van der Waals surface area (Å²) in [5.41, 5.74) is 1.08. The molecule has 0 atom stereocenters. The predicted molar refractivity (Wildman–Crippen MR) is 87.4 cm³/mol. The van der Waals surface area contributed by atoms with Crippen molar-refractivity contribution in [2.75, 3.05) is 0 Å². The van der Waals surface area contributed by atoms with Crippen molar-refractivity contribution in [2.24, 2.45) is 0 Å². The molecule has 2 aromatic carbocycles. The lowest BCUT2D eigenvalue weighted by molar-refractivity contribution is 0.0951. The van der Waals surface area contributed by atoms with Crippen LogP contribution in [0.4, 0.5) is 4.39 Å². The van der Waals surface area contributed by atoms with Crippen LogP contribution in [0.3, 0.4) is 0 Å². The predicted octanol–water partition coefficient (Wildman–Crippen LogP) is 2.20. The summed E-state index contributed by atoms with van der Waals surface area (Å²) in [4.78, 5) is 12.0. The molecular formula is C17H17FN2O3S. The van der Waals surface area contributed by atoms with Gasteiger partial charge in [0.2, 0.25) is 10.0 Å². The maximum Gasteiger partial charge on any atom is 0.251 e. The topological polar surface area (TPSA) is 75.3 Å². The van der Waals surface area contributed by atoms with Crippen LogP contribution in [-0.2, 0) is 16.6 Å². The molecule has 0 bridgehead atoms. The van der Waals surface area contributed by atoms with E-state index < -0.39 is 10.0 Å². The van der Waals surface area contributed by atoms with Crippen molar-refractivity contribution >= 4 is 15.9 Å². The SMILES string of the molecule is O=C(NC1CC1)c1ccc(S(=O)(=O)NCc2ccc(F)cc2)cc1. The lowest BCUT2D eigenvalue weighted by Crippen LogP contribution is -2.26. The average molecular weight is 348 g/mol. The van der Waals surface area contributed by atoms with Crippen LogP contribution in [0.1, 0.15) is 28.8 Å². The second-order valence-electron chi connectivity index (χ2n) is 5.72. The molecule has 0 unspecified atom stereocenters. The van der Waals surface area contributed by atoms with Crippen molar-refractivity contribution in [3.05, 3.63) is 65.5 Å². The van der Waals surface area contributed by atoms with Gasteiger partial charge in [-0.2, -0.15) is 0 Å². The van der Waals surface area contributed by atoms with Crippen LogP contribution in [0.5, 0.6) is 0 Å². The van der Waals surface area contributed by atoms with Crippen LogP contribution >= 0.6 is 0 Å². The van der Waals surface area contributed by atoms with Crippen molar-refractivity contribution in [1.82, 2.24) is 10.0 Å². The fourth-order valence-electron chi connectivity index (χ4n) is 2.15. The van der Waals surface area contributed by atoms with E-state index in [2.05, 4.69) is 10.0 Å². The summed E-state index contributed by atoms with van der Waals surface area (Å²) in [7, 11) is -3.70. The number of rotatable bonds is 6. The van der Waals surface area contributed by atoms with E-state index in [1.54, 1.807) is 0 Å². The number of amides is 1. The van der Waals surface area contributed by atoms with E-state index in [9.17, 15) is 17.6 Å². The number of benzene rings is 2. The van der Waals surface area contributed by atoms with E-state index in [1.165, 1.54) is 48.5 Å². The largest absolute Gasteiger partial charge is 0.349 e. The second kappa shape index (κ2) is 6.70. The number of carbonyl (C=O) groups is 1. The van der Waals surface area contributed by atoms with Gasteiger partial charge in [-0.05, 0) is 54.8 Å². The van der Waals surface area contributed by atoms with Gasteiger partial charge in [-0.15, -0.1) is 0 Å². The molecule has 1 amide bonds. The molecule has 126 valence electrons. The molecule has 3 rings (SSSR count). The van der Waals surface area contributed by atoms with Gasteiger partial charge in [0.1, 0.15) is 5.82 Å². The summed E-state index contributed by atoms with van der Waals surface area (Å²) in [5.74, 6) is -0.567. The first kappa shape index (κ1) is 16.6. The van der Waals surface area contributed by atoms with Gasteiger partial charge in [0.25, 0.3) is 5.91 Å². The van der Waals surface area contributed by atoms with Crippen molar-refractivity contribution in [3.63, 3.8) is 0 Å². The van der Waals surface area contributed by atoms with Crippen LogP contribution in [0.2, 0.25) is 0 Å². The van der Waals surface area contributed by atoms with E-state index in [-0.39, 0.29) is 29.2 Å². The van der Waals surface area contributed by atoms with Gasteiger partial charge in [-0.3, -0.25) is 4.79 Å². The summed E-state index contributed by atoms with van der Waals surface area (Å²) in [5, 5.41) is 2.84. The van der Waals surface area contributed by atoms with Crippen LogP contribution in [0, 0.1) is 5.82 Å². The number of nitrogens with one attached hydrogen (secondary N) is 2. The summed E-state index contributed by atoms with van der Waals surface area (Å²) in [6, 6.07) is 11.6. The van der Waals surface area contributed by atoms with E-state index >= 15 is 0 Å². The average Bonchev–Trinajstić information content (AvgIpc) is 3.38. The lowest BCUT2D eigenvalue weighted by atomic mass is 10.2. The lowest BCUT2D eigenvalue weighted by Gasteiger charge is -2.08. The fraction of sp³-hybridized carbons (Fsp3) is 0.235. The number of carbonyl (C=O) groups excluding carboxylic acids is 1. The molecule has 0 radical (unpaired) electrons. The molecule has 0 saturated heterocycles. The fourth-order valence-corrected chi connectivity index (χ4v) is 3.16. The third-order valence-electron chi connectivity index (χ3n) is 3.72. The molecule has 1 aliphatic rings. The number of hydrogen-bond donors (Lipinski definition) is 2. The zero-order chi connectivity index (χ0) is 17.2. The highest BCUT2D eigenvalue weighted by Crippen LogP contribution is 2.19. The molecule has 0 aliphatic heterocycles. The van der Waals surface area contributed by atoms with Crippen molar-refractivity contribution in [1.29, 1.82) is 0 Å². The maximum atomic E-state index is 12.8. The first-order valence-electron chi connectivity index (χ1n) is 7.59. The Kier molecular flexibility index (Phi) is 4.64. The Labute approximate surface area is 139 Å². The van der Waals surface area contributed by atoms with Gasteiger partial charge in [-0.25, -0.2) is 17.5 Å². The van der Waals surface area contributed by atoms with Gasteiger partial charge >= 0.3 is 0 Å². The van der Waals surface area contributed by atoms with Gasteiger partial charge in [0.15, 0.2) is 0 Å². The molecular weight excluding hydrogens is 331 g/mol. The molecule has 2 aromatic rings. The normalized spacial score (nSPS) is 14.4. The van der Waals surface area contributed by atoms with Crippen LogP contribution < -0.4 is 10.0 Å². The molecule has 2 N–H and O–H groups in total. The van der Waals surface area contributed by atoms with Gasteiger partial charge in [0.05, 0.1) is 4.90 Å². The Bertz CT molecular complexity index is 829. The first-order valence-corrected chi connectivity index (χ1v) is 9.07. The van der Waals surface area contributed by atoms with Gasteiger partial charge in [-0.1, -0.05) is 12.1 Å². The molecule has 0 aromatic heterocycles. The Morgan fingerprint density at radius 3 is 2.25 bits per heavy atom. The Balaban J connectivity index is 1.65. The van der Waals surface area contributed by atoms with Crippen molar-refractivity contribution < 1.29 is 17.6 Å². The molecule has 1 aliphatic carbocycles. The highest BCUT2D eigenvalue weighted by molar-refractivity contribution is 7.89. The Hall–Kier alpha value is -2.25. The van der Waals surface area contributed by atoms with E-state index in [0.717, 1.165) is 12.8 Å². The third kappa shape index (κ3) is 4.18. The monoisotopic (exact) mass is 348 g/mol. The number of sulfonamides is 1. The second-order valence-corrected chi connectivity index (χ2v) is 7.49. The van der Waals surface area contributed by atoms with Crippen LogP contribution in [0.25, 0.3) is 0 Å². The van der Waals surface area contributed by atoms with Gasteiger partial charge in [0, 0.05) is 18.2 Å².